The quantitative estimate of drug-likeness (QED) is 0.682. The number of Topliss-reactive ketones (excluding diaryl/α,β-unsaturated/α-hetero) is 1. The number of hydrogen-bond acceptors (Lipinski definition) is 5. The Morgan fingerprint density at radius 3 is 2.82 bits per heavy atom. The van der Waals surface area contributed by atoms with Gasteiger partial charge in [-0.25, -0.2) is 4.39 Å². The highest BCUT2D eigenvalue weighted by Crippen LogP contribution is 2.38. The second kappa shape index (κ2) is 8.61. The van der Waals surface area contributed by atoms with Crippen molar-refractivity contribution in [3.63, 3.8) is 0 Å². The van der Waals surface area contributed by atoms with E-state index in [1.807, 2.05) is 18.2 Å². The number of para-hydroxylation sites is 1. The van der Waals surface area contributed by atoms with Gasteiger partial charge in [0, 0.05) is 25.1 Å². The zero-order valence-electron chi connectivity index (χ0n) is 15.7. The average Bonchev–Trinajstić information content (AvgIpc) is 3.16. The lowest BCUT2D eigenvalue weighted by Crippen LogP contribution is -2.27. The Balaban J connectivity index is 1.23. The van der Waals surface area contributed by atoms with Gasteiger partial charge in [0.05, 0.1) is 0 Å². The van der Waals surface area contributed by atoms with Crippen LogP contribution in [0.5, 0.6) is 17.2 Å². The Bertz CT molecular complexity index is 824. The molecule has 0 aromatic heterocycles. The molecule has 6 heteroatoms. The summed E-state index contributed by atoms with van der Waals surface area (Å²) in [5.41, 5.74) is 0.583. The molecule has 0 N–H and O–H groups in total. The number of carbonyl (C=O) groups is 1. The third kappa shape index (κ3) is 4.44. The third-order valence-electron chi connectivity index (χ3n) is 5.21. The molecule has 0 saturated carbocycles. The number of ketones is 1. The van der Waals surface area contributed by atoms with Gasteiger partial charge in [-0.05, 0) is 55.3 Å². The molecular weight excluding hydrogens is 361 g/mol. The van der Waals surface area contributed by atoms with Crippen molar-refractivity contribution in [2.24, 2.45) is 5.92 Å². The minimum Gasteiger partial charge on any atom is -0.488 e. The van der Waals surface area contributed by atoms with Gasteiger partial charge in [0.2, 0.25) is 5.75 Å². The molecular formula is C22H24FNO4. The van der Waals surface area contributed by atoms with Gasteiger partial charge in [-0.15, -0.1) is 0 Å². The molecule has 0 aliphatic carbocycles. The van der Waals surface area contributed by atoms with Crippen LogP contribution < -0.4 is 14.2 Å². The van der Waals surface area contributed by atoms with Crippen LogP contribution >= 0.6 is 0 Å². The Kier molecular flexibility index (Phi) is 5.76. The van der Waals surface area contributed by atoms with E-state index in [4.69, 9.17) is 14.2 Å². The molecule has 2 aromatic rings. The highest BCUT2D eigenvalue weighted by Gasteiger charge is 2.25. The first-order valence-electron chi connectivity index (χ1n) is 9.71. The molecule has 28 heavy (non-hydrogen) atoms. The van der Waals surface area contributed by atoms with Gasteiger partial charge in [0.15, 0.2) is 17.3 Å². The molecule has 1 atom stereocenters. The van der Waals surface area contributed by atoms with Crippen LogP contribution in [-0.2, 0) is 0 Å². The average molecular weight is 385 g/mol. The summed E-state index contributed by atoms with van der Waals surface area (Å²) in [4.78, 5) is 14.7. The minimum absolute atomic E-state index is 0.0798. The number of hydrogen-bond donors (Lipinski definition) is 0. The van der Waals surface area contributed by atoms with Crippen LogP contribution in [0.3, 0.4) is 0 Å². The minimum atomic E-state index is -0.319. The number of nitrogens with zero attached hydrogens (tertiary/aromatic N) is 1. The van der Waals surface area contributed by atoms with Crippen molar-refractivity contribution in [2.45, 2.75) is 12.8 Å². The molecule has 1 fully saturated rings. The van der Waals surface area contributed by atoms with Crippen LogP contribution in [0.15, 0.2) is 42.5 Å². The highest BCUT2D eigenvalue weighted by atomic mass is 19.1. The number of rotatable bonds is 7. The van der Waals surface area contributed by atoms with Crippen LogP contribution in [0.25, 0.3) is 0 Å². The Hall–Kier alpha value is -2.60. The number of benzene rings is 2. The zero-order valence-corrected chi connectivity index (χ0v) is 15.7. The maximum absolute atomic E-state index is 13.0. The van der Waals surface area contributed by atoms with E-state index in [9.17, 15) is 9.18 Å². The van der Waals surface area contributed by atoms with Gasteiger partial charge in [-0.1, -0.05) is 6.07 Å². The van der Waals surface area contributed by atoms with Crippen LogP contribution in [0.4, 0.5) is 4.39 Å². The van der Waals surface area contributed by atoms with Crippen molar-refractivity contribution >= 4 is 5.78 Å². The number of ether oxygens (including phenoxy) is 3. The lowest BCUT2D eigenvalue weighted by atomic mass is 9.98. The van der Waals surface area contributed by atoms with Gasteiger partial charge < -0.3 is 14.2 Å². The van der Waals surface area contributed by atoms with E-state index in [0.717, 1.165) is 31.8 Å². The molecule has 2 aliphatic heterocycles. The number of halogens is 1. The van der Waals surface area contributed by atoms with E-state index < -0.39 is 0 Å². The fourth-order valence-electron chi connectivity index (χ4n) is 3.74. The predicted octanol–water partition coefficient (Wildman–Crippen LogP) is 3.57. The number of carbonyl (C=O) groups excluding carboxylic acids is 1. The van der Waals surface area contributed by atoms with Gasteiger partial charge in [0.1, 0.15) is 25.6 Å². The maximum atomic E-state index is 13.0. The van der Waals surface area contributed by atoms with E-state index in [2.05, 4.69) is 4.90 Å². The van der Waals surface area contributed by atoms with Crippen molar-refractivity contribution in [2.75, 3.05) is 39.5 Å². The summed E-state index contributed by atoms with van der Waals surface area (Å²) in [6, 6.07) is 11.5. The normalized spacial score (nSPS) is 18.8. The standard InChI is InChI=1S/C22H24FNO4/c23-18-6-4-17(5-7-18)19(25)14-16-8-9-24(15-16)10-11-26-20-2-1-3-21-22(20)28-13-12-27-21/h1-7,16H,8-15H2/t16-/m1/s1. The van der Waals surface area contributed by atoms with Crippen LogP contribution in [-0.4, -0.2) is 50.1 Å². The van der Waals surface area contributed by atoms with Gasteiger partial charge in [-0.3, -0.25) is 9.69 Å². The fourth-order valence-corrected chi connectivity index (χ4v) is 3.74. The van der Waals surface area contributed by atoms with E-state index in [1.54, 1.807) is 12.1 Å². The lowest BCUT2D eigenvalue weighted by molar-refractivity contribution is 0.0961. The summed E-state index contributed by atoms with van der Waals surface area (Å²) in [6.07, 6.45) is 1.49. The first-order chi connectivity index (χ1) is 13.7. The zero-order chi connectivity index (χ0) is 19.3. The second-order valence-corrected chi connectivity index (χ2v) is 7.22. The number of fused-ring (bicyclic) bond motifs is 1. The summed E-state index contributed by atoms with van der Waals surface area (Å²) in [5, 5.41) is 0. The van der Waals surface area contributed by atoms with E-state index in [0.29, 0.717) is 49.2 Å². The van der Waals surface area contributed by atoms with Gasteiger partial charge in [0.25, 0.3) is 0 Å². The molecule has 0 spiro atoms. The van der Waals surface area contributed by atoms with Crippen molar-refractivity contribution in [3.8, 4) is 17.2 Å². The van der Waals surface area contributed by atoms with Crippen molar-refractivity contribution < 1.29 is 23.4 Å². The summed E-state index contributed by atoms with van der Waals surface area (Å²) >= 11 is 0. The highest BCUT2D eigenvalue weighted by molar-refractivity contribution is 5.96. The first kappa shape index (κ1) is 18.7. The van der Waals surface area contributed by atoms with Crippen molar-refractivity contribution in [1.82, 2.24) is 4.90 Å². The molecule has 2 aromatic carbocycles. The molecule has 2 aliphatic rings. The number of likely N-dealkylation sites (tertiary alicyclic amines) is 1. The predicted molar refractivity (Wildman–Crippen MR) is 103 cm³/mol. The Morgan fingerprint density at radius 1 is 1.14 bits per heavy atom. The summed E-state index contributed by atoms with van der Waals surface area (Å²) in [5.74, 6) is 2.21. The van der Waals surface area contributed by atoms with Crippen molar-refractivity contribution in [3.05, 3.63) is 53.8 Å². The van der Waals surface area contributed by atoms with E-state index in [-0.39, 0.29) is 11.6 Å². The smallest absolute Gasteiger partial charge is 0.203 e. The van der Waals surface area contributed by atoms with Crippen molar-refractivity contribution in [1.29, 1.82) is 0 Å². The van der Waals surface area contributed by atoms with Gasteiger partial charge >= 0.3 is 0 Å². The molecule has 5 nitrogen and oxygen atoms in total. The molecule has 0 bridgehead atoms. The molecule has 0 radical (unpaired) electrons. The summed E-state index contributed by atoms with van der Waals surface area (Å²) < 4.78 is 30.1. The molecule has 0 amide bonds. The maximum Gasteiger partial charge on any atom is 0.203 e. The monoisotopic (exact) mass is 385 g/mol. The van der Waals surface area contributed by atoms with Crippen LogP contribution in [0, 0.1) is 11.7 Å². The first-order valence-corrected chi connectivity index (χ1v) is 9.71. The Labute approximate surface area is 164 Å². The van der Waals surface area contributed by atoms with Crippen LogP contribution in [0.2, 0.25) is 0 Å². The molecule has 1 saturated heterocycles. The Morgan fingerprint density at radius 2 is 1.96 bits per heavy atom. The van der Waals surface area contributed by atoms with E-state index in [1.165, 1.54) is 12.1 Å². The fraction of sp³-hybridized carbons (Fsp3) is 0.409. The molecule has 2 heterocycles. The SMILES string of the molecule is O=C(C[C@H]1CCN(CCOc2cccc3c2OCCO3)C1)c1ccc(F)cc1. The third-order valence-corrected chi connectivity index (χ3v) is 5.21. The topological polar surface area (TPSA) is 48.0 Å². The molecule has 4 rings (SSSR count). The van der Waals surface area contributed by atoms with Crippen LogP contribution in [0.1, 0.15) is 23.2 Å². The van der Waals surface area contributed by atoms with Gasteiger partial charge in [-0.2, -0.15) is 0 Å². The largest absolute Gasteiger partial charge is 0.488 e. The van der Waals surface area contributed by atoms with E-state index >= 15 is 0 Å². The summed E-state index contributed by atoms with van der Waals surface area (Å²) in [6.45, 7) is 4.27. The second-order valence-electron chi connectivity index (χ2n) is 7.22. The summed E-state index contributed by atoms with van der Waals surface area (Å²) in [7, 11) is 0. The molecule has 148 valence electrons. The molecule has 0 unspecified atom stereocenters. The lowest BCUT2D eigenvalue weighted by Gasteiger charge is -2.22.